The molecular formula is C21H28N2O7. The molecular weight excluding hydrogens is 392 g/mol. The van der Waals surface area contributed by atoms with Crippen molar-refractivity contribution in [2.45, 2.75) is 70.7 Å². The van der Waals surface area contributed by atoms with Gasteiger partial charge in [-0.2, -0.15) is 5.06 Å². The van der Waals surface area contributed by atoms with E-state index in [9.17, 15) is 29.4 Å². The molecule has 1 aliphatic heterocycles. The van der Waals surface area contributed by atoms with E-state index in [2.05, 4.69) is 5.32 Å². The van der Waals surface area contributed by atoms with Gasteiger partial charge in [0.2, 0.25) is 5.91 Å². The maximum absolute atomic E-state index is 12.0. The molecule has 1 fully saturated rings. The topological polar surface area (TPSA) is 133 Å². The minimum Gasteiger partial charge on any atom is -0.393 e. The minimum atomic E-state index is -1.33. The zero-order valence-corrected chi connectivity index (χ0v) is 17.0. The van der Waals surface area contributed by atoms with E-state index in [1.165, 1.54) is 0 Å². The molecule has 2 atom stereocenters. The fourth-order valence-corrected chi connectivity index (χ4v) is 2.98. The summed E-state index contributed by atoms with van der Waals surface area (Å²) in [7, 11) is 0. The summed E-state index contributed by atoms with van der Waals surface area (Å²) in [5.74, 6) is -1.19. The van der Waals surface area contributed by atoms with Gasteiger partial charge < -0.3 is 15.5 Å². The third-order valence-electron chi connectivity index (χ3n) is 4.54. The number of rotatable bonds is 12. The summed E-state index contributed by atoms with van der Waals surface area (Å²) in [5, 5.41) is 22.3. The zero-order valence-electron chi connectivity index (χ0n) is 17.0. The van der Waals surface area contributed by atoms with Crippen LogP contribution in [0.4, 0.5) is 5.69 Å². The number of amides is 3. The molecule has 3 N–H and O–H groups in total. The number of Topliss-reactive ketones (excluding diaryl/α,β-unsaturated/α-hetero) is 1. The number of benzene rings is 1. The standard InChI is InChI=1S/C21H28N2O7/c1-14(24)13-17(25)10-7-15-5-8-16(9-6-15)22-18(26)3-2-4-21(29)30-23-19(27)11-12-20(23)28/h5-6,8-9,14,21,24,29H,2-4,7,10-13H2,1H3,(H,22,26). The van der Waals surface area contributed by atoms with E-state index >= 15 is 0 Å². The molecule has 164 valence electrons. The number of aliphatic hydroxyl groups is 2. The maximum Gasteiger partial charge on any atom is 0.254 e. The largest absolute Gasteiger partial charge is 0.393 e. The molecule has 0 bridgehead atoms. The SMILES string of the molecule is CC(O)CC(=O)CCc1ccc(NC(=O)CCCC(O)ON2C(=O)CCC2=O)cc1. The highest BCUT2D eigenvalue weighted by Crippen LogP contribution is 2.16. The van der Waals surface area contributed by atoms with E-state index in [1.54, 1.807) is 19.1 Å². The normalized spacial score (nSPS) is 15.9. The number of nitrogens with one attached hydrogen (secondary N) is 1. The molecule has 0 aliphatic carbocycles. The van der Waals surface area contributed by atoms with Crippen LogP contribution in [0.1, 0.15) is 57.4 Å². The summed E-state index contributed by atoms with van der Waals surface area (Å²) in [6.45, 7) is 1.58. The van der Waals surface area contributed by atoms with Crippen LogP contribution < -0.4 is 5.32 Å². The monoisotopic (exact) mass is 420 g/mol. The molecule has 0 spiro atoms. The van der Waals surface area contributed by atoms with Crippen molar-refractivity contribution >= 4 is 29.2 Å². The van der Waals surface area contributed by atoms with Crippen LogP contribution >= 0.6 is 0 Å². The number of hydrogen-bond donors (Lipinski definition) is 3. The number of nitrogens with zero attached hydrogens (tertiary/aromatic N) is 1. The highest BCUT2D eigenvalue weighted by Gasteiger charge is 2.32. The van der Waals surface area contributed by atoms with Crippen molar-refractivity contribution in [3.8, 4) is 0 Å². The average molecular weight is 420 g/mol. The molecule has 0 radical (unpaired) electrons. The first-order valence-corrected chi connectivity index (χ1v) is 10.0. The van der Waals surface area contributed by atoms with Gasteiger partial charge in [-0.05, 0) is 37.5 Å². The molecule has 0 aromatic heterocycles. The first-order chi connectivity index (χ1) is 14.2. The lowest BCUT2D eigenvalue weighted by Gasteiger charge is -2.17. The van der Waals surface area contributed by atoms with Gasteiger partial charge in [0.25, 0.3) is 11.8 Å². The van der Waals surface area contributed by atoms with Gasteiger partial charge in [-0.1, -0.05) is 12.1 Å². The lowest BCUT2D eigenvalue weighted by atomic mass is 10.0. The molecule has 2 rings (SSSR count). The van der Waals surface area contributed by atoms with E-state index in [-0.39, 0.29) is 43.8 Å². The van der Waals surface area contributed by atoms with Crippen LogP contribution in [-0.2, 0) is 30.4 Å². The van der Waals surface area contributed by atoms with Crippen LogP contribution in [-0.4, -0.2) is 51.2 Å². The number of ketones is 1. The second-order valence-electron chi connectivity index (χ2n) is 7.37. The summed E-state index contributed by atoms with van der Waals surface area (Å²) >= 11 is 0. The van der Waals surface area contributed by atoms with E-state index in [0.29, 0.717) is 30.0 Å². The van der Waals surface area contributed by atoms with Gasteiger partial charge in [0.1, 0.15) is 5.78 Å². The van der Waals surface area contributed by atoms with Crippen LogP contribution in [0.5, 0.6) is 0 Å². The molecule has 1 aromatic carbocycles. The predicted molar refractivity (Wildman–Crippen MR) is 107 cm³/mol. The Bertz CT molecular complexity index is 745. The number of aliphatic hydroxyl groups excluding tert-OH is 2. The predicted octanol–water partition coefficient (Wildman–Crippen LogP) is 1.47. The molecule has 3 amide bonds. The van der Waals surface area contributed by atoms with Crippen LogP contribution in [0.2, 0.25) is 0 Å². The second kappa shape index (κ2) is 11.5. The van der Waals surface area contributed by atoms with Crippen LogP contribution in [0.25, 0.3) is 0 Å². The van der Waals surface area contributed by atoms with Gasteiger partial charge in [-0.25, -0.2) is 4.84 Å². The molecule has 1 aromatic rings. The van der Waals surface area contributed by atoms with Crippen molar-refractivity contribution in [2.75, 3.05) is 5.32 Å². The third kappa shape index (κ3) is 8.02. The number of imide groups is 1. The number of carbonyl (C=O) groups excluding carboxylic acids is 4. The van der Waals surface area contributed by atoms with Crippen LogP contribution in [0, 0.1) is 0 Å². The molecule has 1 aliphatic rings. The summed E-state index contributed by atoms with van der Waals surface area (Å²) in [5.41, 5.74) is 1.57. The number of aryl methyl sites for hydroxylation is 1. The number of anilines is 1. The summed E-state index contributed by atoms with van der Waals surface area (Å²) in [4.78, 5) is 51.4. The van der Waals surface area contributed by atoms with Crippen molar-refractivity contribution in [1.29, 1.82) is 0 Å². The quantitative estimate of drug-likeness (QED) is 0.344. The van der Waals surface area contributed by atoms with E-state index in [0.717, 1.165) is 5.56 Å². The Balaban J connectivity index is 1.66. The molecule has 2 unspecified atom stereocenters. The molecule has 1 saturated heterocycles. The Morgan fingerprint density at radius 2 is 1.73 bits per heavy atom. The second-order valence-corrected chi connectivity index (χ2v) is 7.37. The average Bonchev–Trinajstić information content (AvgIpc) is 2.99. The van der Waals surface area contributed by atoms with Crippen molar-refractivity contribution in [3.63, 3.8) is 0 Å². The minimum absolute atomic E-state index is 0.00649. The van der Waals surface area contributed by atoms with E-state index in [4.69, 9.17) is 4.84 Å². The van der Waals surface area contributed by atoms with E-state index < -0.39 is 24.2 Å². The zero-order chi connectivity index (χ0) is 22.1. The highest BCUT2D eigenvalue weighted by atomic mass is 16.8. The van der Waals surface area contributed by atoms with Crippen LogP contribution in [0.3, 0.4) is 0 Å². The first kappa shape index (κ1) is 23.7. The summed E-state index contributed by atoms with van der Waals surface area (Å²) in [6, 6.07) is 7.14. The summed E-state index contributed by atoms with van der Waals surface area (Å²) < 4.78 is 0. The molecule has 0 saturated carbocycles. The van der Waals surface area contributed by atoms with Crippen LogP contribution in [0.15, 0.2) is 24.3 Å². The molecule has 1 heterocycles. The van der Waals surface area contributed by atoms with Crippen molar-refractivity contribution in [1.82, 2.24) is 5.06 Å². The number of carbonyl (C=O) groups is 4. The van der Waals surface area contributed by atoms with Crippen molar-refractivity contribution in [2.24, 2.45) is 0 Å². The van der Waals surface area contributed by atoms with Gasteiger partial charge in [0.05, 0.1) is 6.10 Å². The van der Waals surface area contributed by atoms with Gasteiger partial charge in [0, 0.05) is 44.2 Å². The van der Waals surface area contributed by atoms with Crippen molar-refractivity contribution in [3.05, 3.63) is 29.8 Å². The number of hydrogen-bond acceptors (Lipinski definition) is 7. The molecule has 9 heteroatoms. The van der Waals surface area contributed by atoms with Gasteiger partial charge in [-0.3, -0.25) is 19.2 Å². The smallest absolute Gasteiger partial charge is 0.254 e. The number of hydroxylamine groups is 2. The van der Waals surface area contributed by atoms with Crippen molar-refractivity contribution < 1.29 is 34.2 Å². The fourth-order valence-electron chi connectivity index (χ4n) is 2.98. The lowest BCUT2D eigenvalue weighted by Crippen LogP contribution is -2.34. The Hall–Kier alpha value is -2.62. The Morgan fingerprint density at radius 1 is 1.10 bits per heavy atom. The van der Waals surface area contributed by atoms with Gasteiger partial charge >= 0.3 is 0 Å². The molecule has 9 nitrogen and oxygen atoms in total. The summed E-state index contributed by atoms with van der Waals surface area (Å²) in [6.07, 6.45) is -0.189. The maximum atomic E-state index is 12.0. The Morgan fingerprint density at radius 3 is 2.33 bits per heavy atom. The third-order valence-corrected chi connectivity index (χ3v) is 4.54. The molecule has 30 heavy (non-hydrogen) atoms. The Kier molecular flexibility index (Phi) is 9.10. The lowest BCUT2D eigenvalue weighted by molar-refractivity contribution is -0.245. The van der Waals surface area contributed by atoms with Gasteiger partial charge in [-0.15, -0.1) is 0 Å². The fraction of sp³-hybridized carbons (Fsp3) is 0.524. The first-order valence-electron chi connectivity index (χ1n) is 10.0. The van der Waals surface area contributed by atoms with E-state index in [1.807, 2.05) is 12.1 Å². The Labute approximate surface area is 175 Å². The highest BCUT2D eigenvalue weighted by molar-refractivity contribution is 6.00. The van der Waals surface area contributed by atoms with Gasteiger partial charge in [0.15, 0.2) is 6.29 Å².